The molecule has 2 heterocycles. The Balaban J connectivity index is 1.83. The summed E-state index contributed by atoms with van der Waals surface area (Å²) >= 11 is 5.80. The molecule has 3 rings (SSSR count). The highest BCUT2D eigenvalue weighted by Crippen LogP contribution is 2.25. The lowest BCUT2D eigenvalue weighted by atomic mass is 10.3. The number of nitrogens with zero attached hydrogens (tertiary/aromatic N) is 3. The largest absolute Gasteiger partial charge is 0.367 e. The van der Waals surface area contributed by atoms with E-state index in [1.165, 1.54) is 16.4 Å². The standard InChI is InChI=1S/C13H14ClN3O4S/c1-9-15-13(16-21-9)12-8-17(6-7-20-12)22(18,19)11-4-2-10(14)3-5-11/h2-5,12H,6-8H2,1H3. The number of benzene rings is 1. The molecule has 2 aromatic rings. The molecule has 1 aromatic carbocycles. The molecule has 1 atom stereocenters. The van der Waals surface area contributed by atoms with Crippen molar-refractivity contribution in [3.05, 3.63) is 41.0 Å². The number of halogens is 1. The smallest absolute Gasteiger partial charge is 0.243 e. The van der Waals surface area contributed by atoms with Crippen molar-refractivity contribution in [2.24, 2.45) is 0 Å². The number of hydrogen-bond donors (Lipinski definition) is 0. The second-order valence-electron chi connectivity index (χ2n) is 4.85. The summed E-state index contributed by atoms with van der Waals surface area (Å²) in [4.78, 5) is 4.29. The normalized spacial score (nSPS) is 20.2. The van der Waals surface area contributed by atoms with Crippen molar-refractivity contribution in [2.45, 2.75) is 17.9 Å². The van der Waals surface area contributed by atoms with Crippen molar-refractivity contribution in [3.63, 3.8) is 0 Å². The van der Waals surface area contributed by atoms with Crippen LogP contribution in [0.3, 0.4) is 0 Å². The zero-order valence-corrected chi connectivity index (χ0v) is 13.3. The lowest BCUT2D eigenvalue weighted by Crippen LogP contribution is -2.42. The molecule has 118 valence electrons. The van der Waals surface area contributed by atoms with Crippen LogP contribution in [0.2, 0.25) is 5.02 Å². The monoisotopic (exact) mass is 343 g/mol. The Labute approximate surface area is 132 Å². The third-order valence-corrected chi connectivity index (χ3v) is 5.44. The van der Waals surface area contributed by atoms with E-state index in [0.717, 1.165) is 0 Å². The lowest BCUT2D eigenvalue weighted by molar-refractivity contribution is -0.00859. The highest BCUT2D eigenvalue weighted by molar-refractivity contribution is 7.89. The van der Waals surface area contributed by atoms with Gasteiger partial charge in [-0.05, 0) is 24.3 Å². The van der Waals surface area contributed by atoms with Gasteiger partial charge < -0.3 is 9.26 Å². The van der Waals surface area contributed by atoms with E-state index < -0.39 is 16.1 Å². The molecule has 1 aromatic heterocycles. The van der Waals surface area contributed by atoms with Gasteiger partial charge in [0.25, 0.3) is 0 Å². The molecule has 0 N–H and O–H groups in total. The van der Waals surface area contributed by atoms with Gasteiger partial charge in [-0.15, -0.1) is 0 Å². The van der Waals surface area contributed by atoms with Crippen molar-refractivity contribution >= 4 is 21.6 Å². The molecule has 1 aliphatic rings. The Morgan fingerprint density at radius 2 is 2.05 bits per heavy atom. The van der Waals surface area contributed by atoms with Gasteiger partial charge in [0.15, 0.2) is 0 Å². The Kier molecular flexibility index (Phi) is 4.18. The van der Waals surface area contributed by atoms with Crippen molar-refractivity contribution in [3.8, 4) is 0 Å². The predicted molar refractivity (Wildman–Crippen MR) is 77.9 cm³/mol. The van der Waals surface area contributed by atoms with Gasteiger partial charge in [0.2, 0.25) is 21.7 Å². The summed E-state index contributed by atoms with van der Waals surface area (Å²) in [6.45, 7) is 2.36. The quantitative estimate of drug-likeness (QED) is 0.844. The summed E-state index contributed by atoms with van der Waals surface area (Å²) in [7, 11) is -3.60. The highest BCUT2D eigenvalue weighted by atomic mass is 35.5. The second kappa shape index (κ2) is 5.96. The topological polar surface area (TPSA) is 85.5 Å². The van der Waals surface area contributed by atoms with Crippen LogP contribution in [-0.2, 0) is 14.8 Å². The van der Waals surface area contributed by atoms with E-state index in [9.17, 15) is 8.42 Å². The van der Waals surface area contributed by atoms with E-state index in [4.69, 9.17) is 20.9 Å². The number of sulfonamides is 1. The molecule has 0 spiro atoms. The fraction of sp³-hybridized carbons (Fsp3) is 0.385. The summed E-state index contributed by atoms with van der Waals surface area (Å²) < 4.78 is 37.1. The second-order valence-corrected chi connectivity index (χ2v) is 7.22. The Hall–Kier alpha value is -1.48. The van der Waals surface area contributed by atoms with Crippen molar-refractivity contribution in [1.29, 1.82) is 0 Å². The van der Waals surface area contributed by atoms with Crippen LogP contribution in [0.4, 0.5) is 0 Å². The minimum absolute atomic E-state index is 0.143. The molecular weight excluding hydrogens is 330 g/mol. The minimum Gasteiger partial charge on any atom is -0.367 e. The molecule has 22 heavy (non-hydrogen) atoms. The Morgan fingerprint density at radius 3 is 2.68 bits per heavy atom. The summed E-state index contributed by atoms with van der Waals surface area (Å²) in [5.41, 5.74) is 0. The summed E-state index contributed by atoms with van der Waals surface area (Å²) in [6.07, 6.45) is -0.534. The van der Waals surface area contributed by atoms with E-state index in [1.54, 1.807) is 19.1 Å². The van der Waals surface area contributed by atoms with Crippen LogP contribution in [0, 0.1) is 6.92 Å². The van der Waals surface area contributed by atoms with Crippen LogP contribution >= 0.6 is 11.6 Å². The maximum Gasteiger partial charge on any atom is 0.243 e. The average Bonchev–Trinajstić information content (AvgIpc) is 2.94. The third-order valence-electron chi connectivity index (χ3n) is 3.31. The third kappa shape index (κ3) is 3.00. The van der Waals surface area contributed by atoms with Gasteiger partial charge in [-0.2, -0.15) is 9.29 Å². The number of hydrogen-bond acceptors (Lipinski definition) is 6. The molecule has 0 bridgehead atoms. The summed E-state index contributed by atoms with van der Waals surface area (Å²) in [5, 5.41) is 4.28. The van der Waals surface area contributed by atoms with Crippen LogP contribution in [0.25, 0.3) is 0 Å². The van der Waals surface area contributed by atoms with Crippen molar-refractivity contribution in [2.75, 3.05) is 19.7 Å². The molecule has 1 fully saturated rings. The maximum atomic E-state index is 12.6. The molecule has 1 unspecified atom stereocenters. The first-order chi connectivity index (χ1) is 10.5. The average molecular weight is 344 g/mol. The number of morpholine rings is 1. The first kappa shape index (κ1) is 15.4. The maximum absolute atomic E-state index is 12.6. The molecular formula is C13H14ClN3O4S. The molecule has 1 aliphatic heterocycles. The molecule has 1 saturated heterocycles. The minimum atomic E-state index is -3.60. The van der Waals surface area contributed by atoms with E-state index in [2.05, 4.69) is 10.1 Å². The van der Waals surface area contributed by atoms with Crippen LogP contribution < -0.4 is 0 Å². The summed E-state index contributed by atoms with van der Waals surface area (Å²) in [5.74, 6) is 0.768. The van der Waals surface area contributed by atoms with E-state index in [1.807, 2.05) is 0 Å². The van der Waals surface area contributed by atoms with Crippen LogP contribution in [0.5, 0.6) is 0 Å². The van der Waals surface area contributed by atoms with Gasteiger partial charge >= 0.3 is 0 Å². The fourth-order valence-corrected chi connectivity index (χ4v) is 3.75. The first-order valence-electron chi connectivity index (χ1n) is 6.64. The fourth-order valence-electron chi connectivity index (χ4n) is 2.20. The number of rotatable bonds is 3. The first-order valence-corrected chi connectivity index (χ1v) is 8.46. The SMILES string of the molecule is Cc1nc(C2CN(S(=O)(=O)c3ccc(Cl)cc3)CCO2)no1. The zero-order valence-electron chi connectivity index (χ0n) is 11.8. The molecule has 0 amide bonds. The van der Waals surface area contributed by atoms with Gasteiger partial charge in [0.1, 0.15) is 6.10 Å². The molecule has 0 radical (unpaired) electrons. The van der Waals surface area contributed by atoms with Crippen LogP contribution in [0.15, 0.2) is 33.7 Å². The Bertz CT molecular complexity index is 760. The number of aromatic nitrogens is 2. The van der Waals surface area contributed by atoms with Gasteiger partial charge in [-0.1, -0.05) is 16.8 Å². The van der Waals surface area contributed by atoms with Crippen LogP contribution in [-0.4, -0.2) is 42.6 Å². The van der Waals surface area contributed by atoms with Gasteiger partial charge in [0, 0.05) is 25.0 Å². The van der Waals surface area contributed by atoms with Crippen molar-refractivity contribution in [1.82, 2.24) is 14.4 Å². The van der Waals surface area contributed by atoms with Gasteiger partial charge in [-0.25, -0.2) is 8.42 Å². The highest BCUT2D eigenvalue weighted by Gasteiger charge is 2.33. The lowest BCUT2D eigenvalue weighted by Gasteiger charge is -2.30. The molecule has 0 aliphatic carbocycles. The predicted octanol–water partition coefficient (Wildman–Crippen LogP) is 1.79. The van der Waals surface area contributed by atoms with Gasteiger partial charge in [-0.3, -0.25) is 0 Å². The van der Waals surface area contributed by atoms with E-state index in [0.29, 0.717) is 16.7 Å². The van der Waals surface area contributed by atoms with Crippen molar-refractivity contribution < 1.29 is 17.7 Å². The van der Waals surface area contributed by atoms with Crippen LogP contribution in [0.1, 0.15) is 17.8 Å². The molecule has 9 heteroatoms. The van der Waals surface area contributed by atoms with E-state index in [-0.39, 0.29) is 24.6 Å². The molecule has 7 nitrogen and oxygen atoms in total. The number of aryl methyl sites for hydroxylation is 1. The zero-order chi connectivity index (χ0) is 15.7. The van der Waals surface area contributed by atoms with Gasteiger partial charge in [0.05, 0.1) is 11.5 Å². The van der Waals surface area contributed by atoms with E-state index >= 15 is 0 Å². The summed E-state index contributed by atoms with van der Waals surface area (Å²) in [6, 6.07) is 6.07. The molecule has 0 saturated carbocycles. The number of ether oxygens (including phenoxy) is 1. The Morgan fingerprint density at radius 1 is 1.32 bits per heavy atom.